The molecule has 8 heteroatoms. The lowest BCUT2D eigenvalue weighted by molar-refractivity contribution is 0.241. The van der Waals surface area contributed by atoms with Crippen molar-refractivity contribution in [1.29, 1.82) is 0 Å². The van der Waals surface area contributed by atoms with Crippen molar-refractivity contribution >= 4 is 16.3 Å². The summed E-state index contributed by atoms with van der Waals surface area (Å²) in [6.07, 6.45) is 4.21. The number of hydrogen-bond donors (Lipinski definition) is 1. The van der Waals surface area contributed by atoms with Crippen molar-refractivity contribution in [3.05, 3.63) is 60.9 Å². The molecule has 0 saturated heterocycles. The van der Waals surface area contributed by atoms with E-state index in [1.807, 2.05) is 13.1 Å². The largest absolute Gasteiger partial charge is 0.293 e. The van der Waals surface area contributed by atoms with E-state index in [1.165, 1.54) is 11.3 Å². The van der Waals surface area contributed by atoms with Crippen LogP contribution in [0.25, 0.3) is 4.96 Å². The maximum atomic E-state index is 12.2. The first-order valence-electron chi connectivity index (χ1n) is 7.36. The van der Waals surface area contributed by atoms with E-state index in [1.54, 1.807) is 16.7 Å². The molecule has 23 heavy (non-hydrogen) atoms. The Morgan fingerprint density at radius 1 is 1.39 bits per heavy atom. The van der Waals surface area contributed by atoms with E-state index in [9.17, 15) is 9.59 Å². The van der Waals surface area contributed by atoms with E-state index in [-0.39, 0.29) is 11.1 Å². The maximum Gasteiger partial charge on any atom is 0.267 e. The van der Waals surface area contributed by atoms with Crippen LogP contribution in [0.5, 0.6) is 0 Å². The third-order valence-corrected chi connectivity index (χ3v) is 4.94. The molecule has 3 aromatic rings. The highest BCUT2D eigenvalue weighted by molar-refractivity contribution is 7.16. The molecular formula is C15H15N5O2S. The van der Waals surface area contributed by atoms with Crippen molar-refractivity contribution in [2.75, 3.05) is 6.54 Å². The summed E-state index contributed by atoms with van der Waals surface area (Å²) in [5.74, 6) is 0. The summed E-state index contributed by atoms with van der Waals surface area (Å²) in [6.45, 7) is 3.97. The van der Waals surface area contributed by atoms with E-state index in [4.69, 9.17) is 0 Å². The first kappa shape index (κ1) is 14.3. The topological polar surface area (TPSA) is 83.4 Å². The molecule has 4 rings (SSSR count). The van der Waals surface area contributed by atoms with Crippen LogP contribution in [0.2, 0.25) is 0 Å². The molecule has 0 aliphatic carbocycles. The quantitative estimate of drug-likeness (QED) is 0.748. The fourth-order valence-corrected chi connectivity index (χ4v) is 3.81. The molecule has 0 saturated carbocycles. The number of hydrogen-bond acceptors (Lipinski definition) is 6. The highest BCUT2D eigenvalue weighted by atomic mass is 32.1. The van der Waals surface area contributed by atoms with Crippen molar-refractivity contribution in [2.24, 2.45) is 0 Å². The summed E-state index contributed by atoms with van der Waals surface area (Å²) >= 11 is 1.51. The Morgan fingerprint density at radius 3 is 3.13 bits per heavy atom. The number of fused-ring (bicyclic) bond motifs is 2. The third-order valence-electron chi connectivity index (χ3n) is 4.04. The lowest BCUT2D eigenvalue weighted by Gasteiger charge is -2.27. The molecule has 0 spiro atoms. The molecule has 1 N–H and O–H groups in total. The summed E-state index contributed by atoms with van der Waals surface area (Å²) in [4.78, 5) is 32.4. The van der Waals surface area contributed by atoms with Gasteiger partial charge in [0.15, 0.2) is 4.96 Å². The Balaban J connectivity index is 1.62. The highest BCUT2D eigenvalue weighted by Gasteiger charge is 2.20. The Kier molecular flexibility index (Phi) is 3.35. The van der Waals surface area contributed by atoms with Crippen molar-refractivity contribution in [3.8, 4) is 0 Å². The van der Waals surface area contributed by atoms with Gasteiger partial charge in [-0.3, -0.25) is 18.9 Å². The SMILES string of the molecule is Cc1cn2c(=O)cc(CN3CCc4c(cn[nH]c4=O)C3)nc2s1. The number of aryl methyl sites for hydroxylation is 1. The zero-order valence-corrected chi connectivity index (χ0v) is 13.4. The van der Waals surface area contributed by atoms with Gasteiger partial charge in [0.05, 0.1) is 11.9 Å². The van der Waals surface area contributed by atoms with Crippen molar-refractivity contribution in [2.45, 2.75) is 26.4 Å². The van der Waals surface area contributed by atoms with Crippen LogP contribution in [-0.4, -0.2) is 31.0 Å². The smallest absolute Gasteiger partial charge is 0.267 e. The van der Waals surface area contributed by atoms with E-state index < -0.39 is 0 Å². The van der Waals surface area contributed by atoms with Gasteiger partial charge in [0, 0.05) is 42.3 Å². The molecule has 4 heterocycles. The van der Waals surface area contributed by atoms with E-state index in [0.29, 0.717) is 19.5 Å². The predicted molar refractivity (Wildman–Crippen MR) is 86.8 cm³/mol. The molecular weight excluding hydrogens is 314 g/mol. The van der Waals surface area contributed by atoms with Crippen LogP contribution >= 0.6 is 11.3 Å². The second kappa shape index (κ2) is 5.39. The zero-order chi connectivity index (χ0) is 16.0. The highest BCUT2D eigenvalue weighted by Crippen LogP contribution is 2.17. The lowest BCUT2D eigenvalue weighted by Crippen LogP contribution is -2.34. The molecule has 0 radical (unpaired) electrons. The molecule has 0 atom stereocenters. The molecule has 0 amide bonds. The monoisotopic (exact) mass is 329 g/mol. The summed E-state index contributed by atoms with van der Waals surface area (Å²) in [5, 5.41) is 6.34. The van der Waals surface area contributed by atoms with Crippen LogP contribution in [0, 0.1) is 6.92 Å². The van der Waals surface area contributed by atoms with Gasteiger partial charge >= 0.3 is 0 Å². The van der Waals surface area contributed by atoms with E-state index in [0.717, 1.165) is 33.2 Å². The van der Waals surface area contributed by atoms with Gasteiger partial charge in [-0.05, 0) is 18.9 Å². The number of aromatic amines is 1. The fourth-order valence-electron chi connectivity index (χ4n) is 2.96. The normalized spacial score (nSPS) is 15.0. The summed E-state index contributed by atoms with van der Waals surface area (Å²) < 4.78 is 1.58. The van der Waals surface area contributed by atoms with Crippen molar-refractivity contribution < 1.29 is 0 Å². The number of nitrogens with zero attached hydrogens (tertiary/aromatic N) is 4. The van der Waals surface area contributed by atoms with Gasteiger partial charge in [0.2, 0.25) is 0 Å². The summed E-state index contributed by atoms with van der Waals surface area (Å²) in [7, 11) is 0. The Labute approximate surface area is 135 Å². The van der Waals surface area contributed by atoms with Gasteiger partial charge in [0.1, 0.15) is 0 Å². The van der Waals surface area contributed by atoms with Gasteiger partial charge in [0.25, 0.3) is 11.1 Å². The number of aromatic nitrogens is 4. The fraction of sp³-hybridized carbons (Fsp3) is 0.333. The van der Waals surface area contributed by atoms with Crippen LogP contribution in [0.3, 0.4) is 0 Å². The molecule has 0 aromatic carbocycles. The van der Waals surface area contributed by atoms with Crippen LogP contribution in [0.1, 0.15) is 21.7 Å². The number of H-pyrrole nitrogens is 1. The molecule has 0 bridgehead atoms. The first-order chi connectivity index (χ1) is 11.1. The van der Waals surface area contributed by atoms with Crippen LogP contribution < -0.4 is 11.1 Å². The van der Waals surface area contributed by atoms with E-state index in [2.05, 4.69) is 20.1 Å². The number of thiazole rings is 1. The first-order valence-corrected chi connectivity index (χ1v) is 8.18. The van der Waals surface area contributed by atoms with Crippen molar-refractivity contribution in [3.63, 3.8) is 0 Å². The molecule has 0 unspecified atom stereocenters. The van der Waals surface area contributed by atoms with Crippen LogP contribution in [-0.2, 0) is 19.5 Å². The second-order valence-electron chi connectivity index (χ2n) is 5.74. The van der Waals surface area contributed by atoms with Gasteiger partial charge < -0.3 is 0 Å². The van der Waals surface area contributed by atoms with Gasteiger partial charge in [-0.15, -0.1) is 11.3 Å². The van der Waals surface area contributed by atoms with Crippen LogP contribution in [0.4, 0.5) is 0 Å². The Bertz CT molecular complexity index is 1000. The summed E-state index contributed by atoms with van der Waals surface area (Å²) in [5.41, 5.74) is 2.37. The van der Waals surface area contributed by atoms with Gasteiger partial charge in [-0.25, -0.2) is 10.1 Å². The minimum atomic E-state index is -0.103. The van der Waals surface area contributed by atoms with Gasteiger partial charge in [-0.1, -0.05) is 0 Å². The average Bonchev–Trinajstić information content (AvgIpc) is 2.88. The second-order valence-corrected chi connectivity index (χ2v) is 6.96. The lowest BCUT2D eigenvalue weighted by atomic mass is 10.0. The molecule has 3 aromatic heterocycles. The molecule has 7 nitrogen and oxygen atoms in total. The van der Waals surface area contributed by atoms with E-state index >= 15 is 0 Å². The van der Waals surface area contributed by atoms with Crippen molar-refractivity contribution in [1.82, 2.24) is 24.5 Å². The molecule has 0 fully saturated rings. The molecule has 1 aliphatic heterocycles. The standard InChI is InChI=1S/C15H15N5O2S/c1-9-6-20-13(21)4-11(17-15(20)23-9)8-19-3-2-12-10(7-19)5-16-18-14(12)22/h4-6H,2-3,7-8H2,1H3,(H,18,22). The van der Waals surface area contributed by atoms with Crippen LogP contribution in [0.15, 0.2) is 28.0 Å². The minimum Gasteiger partial charge on any atom is -0.293 e. The average molecular weight is 329 g/mol. The Hall–Kier alpha value is -2.32. The zero-order valence-electron chi connectivity index (χ0n) is 12.6. The molecule has 1 aliphatic rings. The third kappa shape index (κ3) is 2.60. The summed E-state index contributed by atoms with van der Waals surface area (Å²) in [6, 6.07) is 1.59. The number of rotatable bonds is 2. The Morgan fingerprint density at radius 2 is 2.26 bits per heavy atom. The van der Waals surface area contributed by atoms with Gasteiger partial charge in [-0.2, -0.15) is 5.10 Å². The molecule has 118 valence electrons. The minimum absolute atomic E-state index is 0.0510. The number of nitrogens with one attached hydrogen (secondary N) is 1. The predicted octanol–water partition coefficient (Wildman–Crippen LogP) is 0.706. The maximum absolute atomic E-state index is 12.2.